The van der Waals surface area contributed by atoms with Crippen molar-refractivity contribution in [3.63, 3.8) is 0 Å². The zero-order chi connectivity index (χ0) is 31.7. The molecule has 1 fully saturated rings. The van der Waals surface area contributed by atoms with Gasteiger partial charge in [-0.1, -0.05) is 55.0 Å². The van der Waals surface area contributed by atoms with E-state index in [1.807, 2.05) is 74.7 Å². The van der Waals surface area contributed by atoms with Gasteiger partial charge in [0.15, 0.2) is 16.6 Å². The zero-order valence-electron chi connectivity index (χ0n) is 26.0. The Kier molecular flexibility index (Phi) is 11.8. The number of carbonyl (C=O) groups excluding carboxylic acids is 1. The highest BCUT2D eigenvalue weighted by Crippen LogP contribution is 2.44. The predicted molar refractivity (Wildman–Crippen MR) is 153 cm³/mol. The number of hydrogen-bond donors (Lipinski definition) is 0. The fourth-order valence-corrected chi connectivity index (χ4v) is 6.71. The van der Waals surface area contributed by atoms with Crippen LogP contribution in [-0.4, -0.2) is 67.6 Å². The van der Waals surface area contributed by atoms with Crippen LogP contribution >= 0.6 is 0 Å². The lowest BCUT2D eigenvalue weighted by atomic mass is 9.96. The molecular formula is C26H49F3O8SSi2. The summed E-state index contributed by atoms with van der Waals surface area (Å²) in [6, 6.07) is 0. The van der Waals surface area contributed by atoms with Gasteiger partial charge in [-0.2, -0.15) is 21.6 Å². The van der Waals surface area contributed by atoms with E-state index in [0.717, 1.165) is 0 Å². The monoisotopic (exact) mass is 634 g/mol. The van der Waals surface area contributed by atoms with Crippen LogP contribution in [0.3, 0.4) is 0 Å². The third kappa shape index (κ3) is 9.28. The summed E-state index contributed by atoms with van der Waals surface area (Å²) in [7, 11) is -11.4. The number of ether oxygens (including phenoxy) is 2. The van der Waals surface area contributed by atoms with E-state index in [2.05, 4.69) is 10.8 Å². The molecule has 0 bridgehead atoms. The van der Waals surface area contributed by atoms with Crippen LogP contribution in [0.5, 0.6) is 0 Å². The Hall–Kier alpha value is -0.936. The van der Waals surface area contributed by atoms with Crippen molar-refractivity contribution in [3.8, 4) is 0 Å². The molecule has 0 amide bonds. The van der Waals surface area contributed by atoms with Gasteiger partial charge in [0.1, 0.15) is 18.0 Å². The fourth-order valence-electron chi connectivity index (χ4n) is 3.67. The molecule has 0 aromatic rings. The smallest absolute Gasteiger partial charge is 0.466 e. The minimum atomic E-state index is -6.02. The molecule has 0 radical (unpaired) electrons. The summed E-state index contributed by atoms with van der Waals surface area (Å²) in [6.07, 6.45) is -3.35. The van der Waals surface area contributed by atoms with Crippen LogP contribution in [0.2, 0.25) is 36.3 Å². The second-order valence-electron chi connectivity index (χ2n) is 13.5. The highest BCUT2D eigenvalue weighted by molar-refractivity contribution is 7.87. The highest BCUT2D eigenvalue weighted by Gasteiger charge is 2.54. The van der Waals surface area contributed by atoms with Crippen LogP contribution < -0.4 is 0 Å². The number of alkyl halides is 3. The summed E-state index contributed by atoms with van der Waals surface area (Å²) in [5.41, 5.74) is -5.66. The molecule has 0 aromatic heterocycles. The number of esters is 1. The van der Waals surface area contributed by atoms with Gasteiger partial charge in [-0.3, -0.25) is 4.79 Å². The van der Waals surface area contributed by atoms with Crippen molar-refractivity contribution >= 4 is 32.7 Å². The van der Waals surface area contributed by atoms with E-state index in [9.17, 15) is 26.4 Å². The second kappa shape index (κ2) is 12.7. The third-order valence-corrected chi connectivity index (χ3v) is 18.1. The van der Waals surface area contributed by atoms with Crippen molar-refractivity contribution in [2.24, 2.45) is 5.92 Å². The molecule has 0 saturated carbocycles. The first-order chi connectivity index (χ1) is 17.7. The summed E-state index contributed by atoms with van der Waals surface area (Å²) in [5.74, 6) is -1.28. The molecule has 1 aliphatic heterocycles. The number of halogens is 3. The molecule has 1 saturated heterocycles. The van der Waals surface area contributed by atoms with Crippen LogP contribution in [0.15, 0.2) is 12.3 Å². The first-order valence-electron chi connectivity index (χ1n) is 13.5. The van der Waals surface area contributed by atoms with E-state index in [0.29, 0.717) is 6.42 Å². The molecule has 0 N–H and O–H groups in total. The molecule has 14 heteroatoms. The van der Waals surface area contributed by atoms with Crippen LogP contribution in [-0.2, 0) is 37.4 Å². The quantitative estimate of drug-likeness (QED) is 0.0753. The Bertz CT molecular complexity index is 1000. The minimum Gasteiger partial charge on any atom is -0.466 e. The lowest BCUT2D eigenvalue weighted by Crippen LogP contribution is -2.56. The van der Waals surface area contributed by atoms with Crippen molar-refractivity contribution < 1.29 is 48.9 Å². The average Bonchev–Trinajstić information content (AvgIpc) is 3.07. The summed E-state index contributed by atoms with van der Waals surface area (Å²) in [6.45, 7) is 27.0. The first-order valence-corrected chi connectivity index (χ1v) is 20.8. The third-order valence-electron chi connectivity index (χ3n) is 8.21. The van der Waals surface area contributed by atoms with Gasteiger partial charge in [0.2, 0.25) is 0 Å². The summed E-state index contributed by atoms with van der Waals surface area (Å²) >= 11 is 0. The van der Waals surface area contributed by atoms with Crippen molar-refractivity contribution in [3.05, 3.63) is 12.3 Å². The zero-order valence-corrected chi connectivity index (χ0v) is 28.8. The van der Waals surface area contributed by atoms with Gasteiger partial charge in [-0.25, -0.2) is 0 Å². The summed E-state index contributed by atoms with van der Waals surface area (Å²) in [4.78, 5) is 12.2. The maximum Gasteiger partial charge on any atom is 0.534 e. The van der Waals surface area contributed by atoms with Crippen LogP contribution in [0.1, 0.15) is 68.2 Å². The van der Waals surface area contributed by atoms with Crippen molar-refractivity contribution in [1.29, 1.82) is 0 Å². The molecule has 1 aliphatic rings. The highest BCUT2D eigenvalue weighted by atomic mass is 32.2. The normalized spacial score (nSPS) is 23.0. The summed E-state index contributed by atoms with van der Waals surface area (Å²) in [5, 5.41) is -0.714. The van der Waals surface area contributed by atoms with Crippen molar-refractivity contribution in [2.45, 2.75) is 134 Å². The van der Waals surface area contributed by atoms with Gasteiger partial charge in [-0.05, 0) is 55.5 Å². The summed E-state index contributed by atoms with van der Waals surface area (Å²) < 4.78 is 93.3. The van der Waals surface area contributed by atoms with Gasteiger partial charge in [0.25, 0.3) is 0 Å². The minimum absolute atomic E-state index is 0.00796. The molecule has 0 aromatic carbocycles. The second-order valence-corrected chi connectivity index (χ2v) is 24.6. The van der Waals surface area contributed by atoms with Crippen LogP contribution in [0.4, 0.5) is 13.2 Å². The maximum absolute atomic E-state index is 13.3. The fraction of sp³-hybridized carbons (Fsp3) is 0.885. The molecule has 236 valence electrons. The number of carbonyl (C=O) groups is 1. The molecule has 40 heavy (non-hydrogen) atoms. The molecule has 1 heterocycles. The molecular weight excluding hydrogens is 586 g/mol. The first kappa shape index (κ1) is 37.1. The van der Waals surface area contributed by atoms with E-state index in [-0.39, 0.29) is 24.0 Å². The number of hydrogen-bond acceptors (Lipinski definition) is 8. The molecule has 5 atom stereocenters. The number of rotatable bonds is 12. The Morgan fingerprint density at radius 3 is 1.90 bits per heavy atom. The largest absolute Gasteiger partial charge is 0.534 e. The lowest BCUT2D eigenvalue weighted by Gasteiger charge is -2.46. The van der Waals surface area contributed by atoms with Crippen molar-refractivity contribution in [2.75, 3.05) is 6.61 Å². The van der Waals surface area contributed by atoms with E-state index >= 15 is 0 Å². The molecule has 0 unspecified atom stereocenters. The SMILES string of the molecule is C=C(OS(=O)(=O)C(F)(F)F)[C@@H](O[Si](C)(C)C(C)(C)C)[C@@H](O[Si](C)(C)C(C)(C)C)[C@H]1C[C@@H](C)[C@H](CC(=O)OCC)O1. The van der Waals surface area contributed by atoms with Gasteiger partial charge in [0, 0.05) is 0 Å². The van der Waals surface area contributed by atoms with E-state index < -0.39 is 73.4 Å². The van der Waals surface area contributed by atoms with Gasteiger partial charge >= 0.3 is 21.6 Å². The van der Waals surface area contributed by atoms with E-state index in [4.69, 9.17) is 18.3 Å². The van der Waals surface area contributed by atoms with Crippen molar-refractivity contribution in [1.82, 2.24) is 0 Å². The van der Waals surface area contributed by atoms with Gasteiger partial charge in [-0.15, -0.1) is 0 Å². The van der Waals surface area contributed by atoms with E-state index in [1.54, 1.807) is 6.92 Å². The topological polar surface area (TPSA) is 97.4 Å². The average molecular weight is 635 g/mol. The Balaban J connectivity index is 3.68. The molecule has 0 spiro atoms. The molecule has 8 nitrogen and oxygen atoms in total. The van der Waals surface area contributed by atoms with E-state index in [1.165, 1.54) is 0 Å². The molecule has 1 rings (SSSR count). The van der Waals surface area contributed by atoms with Gasteiger partial charge in [0.05, 0.1) is 25.2 Å². The predicted octanol–water partition coefficient (Wildman–Crippen LogP) is 6.89. The standard InChI is InChI=1S/C26H49F3O8SSi2/c1-14-33-21(30)16-19-17(2)15-20(34-19)23(37-40(12,13)25(7,8)9)22(36-39(10,11)24(4,5)6)18(3)35-38(31,32)26(27,28)29/h17,19-20,22-23H,3,14-16H2,1-2,4-13H3/t17-,19+,20-,22-,23+/m1/s1. The van der Waals surface area contributed by atoms with Gasteiger partial charge < -0.3 is 22.5 Å². The lowest BCUT2D eigenvalue weighted by molar-refractivity contribution is -0.147. The maximum atomic E-state index is 13.3. The van der Waals surface area contributed by atoms with Crippen LogP contribution in [0, 0.1) is 5.92 Å². The Morgan fingerprint density at radius 1 is 1.00 bits per heavy atom. The molecule has 0 aliphatic carbocycles. The Labute approximate surface area is 240 Å². The van der Waals surface area contributed by atoms with Crippen LogP contribution in [0.25, 0.3) is 0 Å². The Morgan fingerprint density at radius 2 is 1.48 bits per heavy atom.